The monoisotopic (exact) mass is 296 g/mol. The fraction of sp³-hybridized carbons (Fsp3) is 0.389. The number of amides is 1. The zero-order valence-corrected chi connectivity index (χ0v) is 12.6. The summed E-state index contributed by atoms with van der Waals surface area (Å²) in [5.41, 5.74) is 0.712. The first-order chi connectivity index (χ1) is 10.7. The van der Waals surface area contributed by atoms with E-state index in [1.165, 1.54) is 12.8 Å². The van der Waals surface area contributed by atoms with Crippen molar-refractivity contribution in [3.63, 3.8) is 0 Å². The van der Waals surface area contributed by atoms with Crippen molar-refractivity contribution in [2.45, 2.75) is 37.4 Å². The number of fused-ring (bicyclic) bond motifs is 3. The largest absolute Gasteiger partial charge is 0.496 e. The first-order valence-electron chi connectivity index (χ1n) is 7.88. The maximum absolute atomic E-state index is 12.5. The Morgan fingerprint density at radius 1 is 1.27 bits per heavy atom. The van der Waals surface area contributed by atoms with Crippen LogP contribution in [0.15, 0.2) is 36.4 Å². The molecule has 2 aliphatic rings. The highest BCUT2D eigenvalue weighted by Crippen LogP contribution is 2.29. The van der Waals surface area contributed by atoms with Gasteiger partial charge in [-0.05, 0) is 48.9 Å². The molecule has 0 radical (unpaired) electrons. The van der Waals surface area contributed by atoms with Gasteiger partial charge in [-0.15, -0.1) is 0 Å². The lowest BCUT2D eigenvalue weighted by Gasteiger charge is -2.21. The molecule has 3 unspecified atom stereocenters. The summed E-state index contributed by atoms with van der Waals surface area (Å²) in [7, 11) is 1.66. The van der Waals surface area contributed by atoms with Crippen LogP contribution in [-0.4, -0.2) is 31.1 Å². The second-order valence-corrected chi connectivity index (χ2v) is 6.26. The normalized spacial score (nSPS) is 26.3. The summed E-state index contributed by atoms with van der Waals surface area (Å²) in [6.07, 6.45) is 3.47. The Morgan fingerprint density at radius 3 is 2.91 bits per heavy atom. The van der Waals surface area contributed by atoms with Crippen molar-refractivity contribution in [2.24, 2.45) is 0 Å². The molecule has 2 saturated heterocycles. The molecule has 2 aliphatic heterocycles. The van der Waals surface area contributed by atoms with Crippen LogP contribution in [-0.2, 0) is 0 Å². The van der Waals surface area contributed by atoms with Gasteiger partial charge in [0.15, 0.2) is 0 Å². The zero-order chi connectivity index (χ0) is 15.1. The minimum absolute atomic E-state index is 0.0177. The second kappa shape index (κ2) is 5.29. The standard InChI is InChI=1S/C18H20N2O2/c1-22-17-4-2-3-11-9-12(5-7-14(11)17)18(21)20-16-10-13-6-8-15(16)19-13/h2-5,7,9,13,15-16,19H,6,8,10H2,1H3,(H,20,21). The molecule has 2 N–H and O–H groups in total. The van der Waals surface area contributed by atoms with Gasteiger partial charge in [0.25, 0.3) is 5.91 Å². The van der Waals surface area contributed by atoms with E-state index in [4.69, 9.17) is 4.74 Å². The van der Waals surface area contributed by atoms with Crippen molar-refractivity contribution in [1.82, 2.24) is 10.6 Å². The summed E-state index contributed by atoms with van der Waals surface area (Å²) < 4.78 is 5.36. The van der Waals surface area contributed by atoms with E-state index in [1.807, 2.05) is 36.4 Å². The smallest absolute Gasteiger partial charge is 0.251 e. The molecule has 2 heterocycles. The Bertz CT molecular complexity index is 728. The van der Waals surface area contributed by atoms with Gasteiger partial charge >= 0.3 is 0 Å². The third kappa shape index (κ3) is 2.24. The number of hydrogen-bond acceptors (Lipinski definition) is 3. The quantitative estimate of drug-likeness (QED) is 0.915. The van der Waals surface area contributed by atoms with Crippen LogP contribution >= 0.6 is 0 Å². The van der Waals surface area contributed by atoms with E-state index >= 15 is 0 Å². The fourth-order valence-electron chi connectivity index (χ4n) is 3.81. The van der Waals surface area contributed by atoms with Crippen LogP contribution in [0.25, 0.3) is 10.8 Å². The molecule has 3 atom stereocenters. The molecule has 2 bridgehead atoms. The topological polar surface area (TPSA) is 50.4 Å². The molecule has 0 spiro atoms. The molecule has 4 rings (SSSR count). The maximum Gasteiger partial charge on any atom is 0.251 e. The predicted octanol–water partition coefficient (Wildman–Crippen LogP) is 2.47. The van der Waals surface area contributed by atoms with Gasteiger partial charge in [0.2, 0.25) is 0 Å². The van der Waals surface area contributed by atoms with Gasteiger partial charge in [-0.25, -0.2) is 0 Å². The Kier molecular flexibility index (Phi) is 3.26. The van der Waals surface area contributed by atoms with E-state index in [0.29, 0.717) is 17.6 Å². The number of carbonyl (C=O) groups excluding carboxylic acids is 1. The van der Waals surface area contributed by atoms with Crippen LogP contribution in [0.3, 0.4) is 0 Å². The van der Waals surface area contributed by atoms with Gasteiger partial charge in [-0.1, -0.05) is 12.1 Å². The Labute approximate surface area is 129 Å². The van der Waals surface area contributed by atoms with Gasteiger partial charge in [0, 0.05) is 29.1 Å². The minimum Gasteiger partial charge on any atom is -0.496 e. The van der Waals surface area contributed by atoms with Gasteiger partial charge < -0.3 is 15.4 Å². The van der Waals surface area contributed by atoms with Crippen LogP contribution in [0.4, 0.5) is 0 Å². The first-order valence-corrected chi connectivity index (χ1v) is 7.88. The Morgan fingerprint density at radius 2 is 2.18 bits per heavy atom. The molecule has 0 saturated carbocycles. The molecule has 2 fully saturated rings. The number of rotatable bonds is 3. The zero-order valence-electron chi connectivity index (χ0n) is 12.6. The van der Waals surface area contributed by atoms with E-state index in [9.17, 15) is 4.79 Å². The average Bonchev–Trinajstić information content (AvgIpc) is 3.16. The minimum atomic E-state index is 0.0177. The van der Waals surface area contributed by atoms with Gasteiger partial charge in [-0.3, -0.25) is 4.79 Å². The van der Waals surface area contributed by atoms with Crippen molar-refractivity contribution >= 4 is 16.7 Å². The van der Waals surface area contributed by atoms with Crippen LogP contribution in [0.2, 0.25) is 0 Å². The highest BCUT2D eigenvalue weighted by atomic mass is 16.5. The molecule has 0 aromatic heterocycles. The van der Waals surface area contributed by atoms with E-state index in [2.05, 4.69) is 10.6 Å². The predicted molar refractivity (Wildman–Crippen MR) is 86.3 cm³/mol. The molecule has 0 aliphatic carbocycles. The highest BCUT2D eigenvalue weighted by molar-refractivity contribution is 6.00. The molecule has 1 amide bonds. The third-order valence-electron chi connectivity index (χ3n) is 4.94. The lowest BCUT2D eigenvalue weighted by molar-refractivity contribution is 0.0931. The van der Waals surface area contributed by atoms with Crippen molar-refractivity contribution in [3.8, 4) is 5.75 Å². The van der Waals surface area contributed by atoms with Crippen molar-refractivity contribution in [1.29, 1.82) is 0 Å². The van der Waals surface area contributed by atoms with E-state index < -0.39 is 0 Å². The summed E-state index contributed by atoms with van der Waals surface area (Å²) in [6.45, 7) is 0. The molecule has 2 aromatic rings. The fourth-order valence-corrected chi connectivity index (χ4v) is 3.81. The number of carbonyl (C=O) groups is 1. The number of hydrogen-bond donors (Lipinski definition) is 2. The summed E-state index contributed by atoms with van der Waals surface area (Å²) in [6, 6.07) is 13.0. The number of nitrogens with one attached hydrogen (secondary N) is 2. The van der Waals surface area contributed by atoms with E-state index in [-0.39, 0.29) is 11.9 Å². The van der Waals surface area contributed by atoms with Gasteiger partial charge in [-0.2, -0.15) is 0 Å². The van der Waals surface area contributed by atoms with Gasteiger partial charge in [0.05, 0.1) is 7.11 Å². The lowest BCUT2D eigenvalue weighted by Crippen LogP contribution is -2.42. The number of ether oxygens (including phenoxy) is 1. The summed E-state index contributed by atoms with van der Waals surface area (Å²) >= 11 is 0. The SMILES string of the molecule is COc1cccc2cc(C(=O)NC3CC4CCC3N4)ccc12. The maximum atomic E-state index is 12.5. The van der Waals surface area contributed by atoms with E-state index in [1.54, 1.807) is 7.11 Å². The van der Waals surface area contributed by atoms with Crippen molar-refractivity contribution in [3.05, 3.63) is 42.0 Å². The second-order valence-electron chi connectivity index (χ2n) is 6.26. The molecular weight excluding hydrogens is 276 g/mol. The molecule has 114 valence electrons. The molecule has 4 heteroatoms. The molecule has 22 heavy (non-hydrogen) atoms. The molecule has 4 nitrogen and oxygen atoms in total. The third-order valence-corrected chi connectivity index (χ3v) is 4.94. The van der Waals surface area contributed by atoms with Crippen LogP contribution in [0, 0.1) is 0 Å². The van der Waals surface area contributed by atoms with E-state index in [0.717, 1.165) is 22.9 Å². The number of benzene rings is 2. The van der Waals surface area contributed by atoms with Crippen LogP contribution in [0.5, 0.6) is 5.75 Å². The highest BCUT2D eigenvalue weighted by Gasteiger charge is 2.39. The summed E-state index contributed by atoms with van der Waals surface area (Å²) in [4.78, 5) is 12.5. The molecule has 2 aromatic carbocycles. The first kappa shape index (κ1) is 13.6. The van der Waals surface area contributed by atoms with Crippen LogP contribution in [0.1, 0.15) is 29.6 Å². The van der Waals surface area contributed by atoms with Crippen molar-refractivity contribution in [2.75, 3.05) is 7.11 Å². The molecular formula is C18H20N2O2. The Hall–Kier alpha value is -2.07. The van der Waals surface area contributed by atoms with Crippen LogP contribution < -0.4 is 15.4 Å². The lowest BCUT2D eigenvalue weighted by atomic mass is 9.95. The Balaban J connectivity index is 1.57. The average molecular weight is 296 g/mol. The summed E-state index contributed by atoms with van der Waals surface area (Å²) in [5, 5.41) is 8.79. The van der Waals surface area contributed by atoms with Gasteiger partial charge in [0.1, 0.15) is 5.75 Å². The van der Waals surface area contributed by atoms with Crippen molar-refractivity contribution < 1.29 is 9.53 Å². The summed E-state index contributed by atoms with van der Waals surface area (Å²) in [5.74, 6) is 0.853. The number of methoxy groups -OCH3 is 1.